The Kier molecular flexibility index (Phi) is 5.56. The average molecular weight is 353 g/mol. The van der Waals surface area contributed by atoms with E-state index in [9.17, 15) is 14.7 Å². The van der Waals surface area contributed by atoms with Crippen molar-refractivity contribution < 1.29 is 14.7 Å². The number of fused-ring (bicyclic) bond motifs is 1. The first-order valence-corrected chi connectivity index (χ1v) is 8.23. The molecule has 2 N–H and O–H groups in total. The predicted molar refractivity (Wildman–Crippen MR) is 95.6 cm³/mol. The average Bonchev–Trinajstić information content (AvgIpc) is 3.00. The number of carbonyl (C=O) groups excluding carboxylic acids is 1. The van der Waals surface area contributed by atoms with Crippen molar-refractivity contribution in [1.82, 2.24) is 4.90 Å². The summed E-state index contributed by atoms with van der Waals surface area (Å²) in [4.78, 5) is 25.9. The first-order valence-electron chi connectivity index (χ1n) is 8.23. The molecule has 2 atom stereocenters. The lowest BCUT2D eigenvalue weighted by atomic mass is 9.81. The normalized spacial score (nSPS) is 25.8. The molecule has 24 heavy (non-hydrogen) atoms. The summed E-state index contributed by atoms with van der Waals surface area (Å²) in [5, 5.41) is 12.5. The number of benzene rings is 1. The molecule has 1 saturated heterocycles. The van der Waals surface area contributed by atoms with Crippen LogP contribution >= 0.6 is 12.4 Å². The molecule has 132 valence electrons. The third kappa shape index (κ3) is 3.42. The summed E-state index contributed by atoms with van der Waals surface area (Å²) in [6.07, 6.45) is 2.68. The quantitative estimate of drug-likeness (QED) is 0.874. The third-order valence-electron chi connectivity index (χ3n) is 5.53. The van der Waals surface area contributed by atoms with Gasteiger partial charge in [0.05, 0.1) is 12.0 Å². The molecule has 3 rings (SSSR count). The zero-order chi connectivity index (χ0) is 16.6. The SMILES string of the molecule is Cc1ccc(NC(=O)CN2C[C@@H]3CCC[C@@]3(C(=O)O)C2)cc1C.Cl. The molecule has 0 radical (unpaired) electrons. The molecule has 0 aromatic heterocycles. The van der Waals surface area contributed by atoms with Gasteiger partial charge in [-0.05, 0) is 55.9 Å². The third-order valence-corrected chi connectivity index (χ3v) is 5.53. The number of halogens is 1. The van der Waals surface area contributed by atoms with Gasteiger partial charge in [0, 0.05) is 18.8 Å². The van der Waals surface area contributed by atoms with Crippen molar-refractivity contribution in [2.45, 2.75) is 33.1 Å². The van der Waals surface area contributed by atoms with Gasteiger partial charge in [0.2, 0.25) is 5.91 Å². The molecule has 5 nitrogen and oxygen atoms in total. The monoisotopic (exact) mass is 352 g/mol. The molecule has 1 saturated carbocycles. The Labute approximate surface area is 148 Å². The van der Waals surface area contributed by atoms with E-state index in [2.05, 4.69) is 5.32 Å². The zero-order valence-corrected chi connectivity index (χ0v) is 15.0. The highest BCUT2D eigenvalue weighted by molar-refractivity contribution is 5.92. The summed E-state index contributed by atoms with van der Waals surface area (Å²) in [7, 11) is 0. The van der Waals surface area contributed by atoms with Crippen LogP contribution in [0.25, 0.3) is 0 Å². The van der Waals surface area contributed by atoms with E-state index in [1.807, 2.05) is 36.9 Å². The van der Waals surface area contributed by atoms with Crippen molar-refractivity contribution in [3.05, 3.63) is 29.3 Å². The molecule has 0 spiro atoms. The molecule has 1 aliphatic heterocycles. The zero-order valence-electron chi connectivity index (χ0n) is 14.2. The number of rotatable bonds is 4. The van der Waals surface area contributed by atoms with Crippen LogP contribution in [0, 0.1) is 25.2 Å². The van der Waals surface area contributed by atoms with Gasteiger partial charge in [0.1, 0.15) is 0 Å². The summed E-state index contributed by atoms with van der Waals surface area (Å²) >= 11 is 0. The number of carboxylic acid groups (broad SMARTS) is 1. The first kappa shape index (κ1) is 18.7. The van der Waals surface area contributed by atoms with E-state index in [-0.39, 0.29) is 30.8 Å². The Morgan fingerprint density at radius 1 is 1.33 bits per heavy atom. The smallest absolute Gasteiger partial charge is 0.311 e. The number of amides is 1. The van der Waals surface area contributed by atoms with Crippen molar-refractivity contribution in [2.75, 3.05) is 25.0 Å². The Balaban J connectivity index is 0.00000208. The second kappa shape index (κ2) is 7.11. The Bertz CT molecular complexity index is 649. The van der Waals surface area contributed by atoms with Gasteiger partial charge in [-0.1, -0.05) is 12.5 Å². The summed E-state index contributed by atoms with van der Waals surface area (Å²) in [6.45, 7) is 5.52. The van der Waals surface area contributed by atoms with Crippen LogP contribution in [-0.2, 0) is 9.59 Å². The molecule has 1 amide bonds. The number of nitrogens with one attached hydrogen (secondary N) is 1. The van der Waals surface area contributed by atoms with E-state index < -0.39 is 11.4 Å². The van der Waals surface area contributed by atoms with Crippen molar-refractivity contribution >= 4 is 30.0 Å². The molecule has 0 bridgehead atoms. The van der Waals surface area contributed by atoms with E-state index in [0.29, 0.717) is 13.1 Å². The number of likely N-dealkylation sites (tertiary alicyclic amines) is 1. The van der Waals surface area contributed by atoms with E-state index in [1.54, 1.807) is 0 Å². The number of aliphatic carboxylic acids is 1. The lowest BCUT2D eigenvalue weighted by molar-refractivity contribution is -0.149. The molecule has 1 heterocycles. The second-order valence-electron chi connectivity index (χ2n) is 7.07. The molecule has 1 aromatic rings. The van der Waals surface area contributed by atoms with E-state index >= 15 is 0 Å². The standard InChI is InChI=1S/C18H24N2O3.ClH/c1-12-5-6-15(8-13(12)2)19-16(21)10-20-9-14-4-3-7-18(14,11-20)17(22)23;/h5-6,8,14H,3-4,7,9-11H2,1-2H3,(H,19,21)(H,22,23);1H/t14-,18+;/m0./s1. The van der Waals surface area contributed by atoms with Gasteiger partial charge in [0.15, 0.2) is 0 Å². The molecule has 1 aliphatic carbocycles. The highest BCUT2D eigenvalue weighted by Crippen LogP contribution is 2.48. The molecule has 1 aromatic carbocycles. The van der Waals surface area contributed by atoms with Gasteiger partial charge in [0.25, 0.3) is 0 Å². The maximum absolute atomic E-state index is 12.3. The maximum atomic E-state index is 12.3. The van der Waals surface area contributed by atoms with Crippen molar-refractivity contribution in [3.8, 4) is 0 Å². The Morgan fingerprint density at radius 2 is 2.08 bits per heavy atom. The number of carboxylic acids is 1. The second-order valence-corrected chi connectivity index (χ2v) is 7.07. The van der Waals surface area contributed by atoms with Crippen molar-refractivity contribution in [1.29, 1.82) is 0 Å². The van der Waals surface area contributed by atoms with Gasteiger partial charge in [-0.15, -0.1) is 12.4 Å². The first-order chi connectivity index (χ1) is 10.9. The Morgan fingerprint density at radius 3 is 2.71 bits per heavy atom. The summed E-state index contributed by atoms with van der Waals surface area (Å²) in [5.41, 5.74) is 2.51. The van der Waals surface area contributed by atoms with Gasteiger partial charge >= 0.3 is 5.97 Å². The van der Waals surface area contributed by atoms with Gasteiger partial charge in [-0.25, -0.2) is 0 Å². The van der Waals surface area contributed by atoms with Crippen LogP contribution in [0.15, 0.2) is 18.2 Å². The van der Waals surface area contributed by atoms with Crippen LogP contribution in [0.4, 0.5) is 5.69 Å². The fourth-order valence-corrected chi connectivity index (χ4v) is 4.09. The topological polar surface area (TPSA) is 69.6 Å². The molecule has 2 fully saturated rings. The Hall–Kier alpha value is -1.59. The minimum absolute atomic E-state index is 0. The van der Waals surface area contributed by atoms with E-state index in [4.69, 9.17) is 0 Å². The van der Waals surface area contributed by atoms with Crippen LogP contribution in [0.3, 0.4) is 0 Å². The molecular weight excluding hydrogens is 328 g/mol. The van der Waals surface area contributed by atoms with E-state index in [0.717, 1.165) is 30.5 Å². The molecule has 2 aliphatic rings. The lowest BCUT2D eigenvalue weighted by Crippen LogP contribution is -2.37. The van der Waals surface area contributed by atoms with Gasteiger partial charge < -0.3 is 10.4 Å². The summed E-state index contributed by atoms with van der Waals surface area (Å²) < 4.78 is 0. The van der Waals surface area contributed by atoms with Crippen molar-refractivity contribution in [2.24, 2.45) is 11.3 Å². The van der Waals surface area contributed by atoms with Gasteiger partial charge in [-0.3, -0.25) is 14.5 Å². The van der Waals surface area contributed by atoms with Crippen molar-refractivity contribution in [3.63, 3.8) is 0 Å². The largest absolute Gasteiger partial charge is 0.481 e. The molecule has 0 unspecified atom stereocenters. The van der Waals surface area contributed by atoms with Crippen LogP contribution < -0.4 is 5.32 Å². The lowest BCUT2D eigenvalue weighted by Gasteiger charge is -2.23. The summed E-state index contributed by atoms with van der Waals surface area (Å²) in [6, 6.07) is 5.85. The molecular formula is C18H25ClN2O3. The fourth-order valence-electron chi connectivity index (χ4n) is 4.09. The van der Waals surface area contributed by atoms with Crippen LogP contribution in [0.5, 0.6) is 0 Å². The number of hydrogen-bond acceptors (Lipinski definition) is 3. The fraction of sp³-hybridized carbons (Fsp3) is 0.556. The predicted octanol–water partition coefficient (Wildman–Crippen LogP) is 2.85. The number of aryl methyl sites for hydroxylation is 2. The highest BCUT2D eigenvalue weighted by Gasteiger charge is 2.54. The number of anilines is 1. The minimum atomic E-state index is -0.697. The van der Waals surface area contributed by atoms with Crippen LogP contribution in [0.1, 0.15) is 30.4 Å². The molecule has 6 heteroatoms. The number of hydrogen-bond donors (Lipinski definition) is 2. The van der Waals surface area contributed by atoms with Crippen LogP contribution in [-0.4, -0.2) is 41.5 Å². The van der Waals surface area contributed by atoms with Crippen LogP contribution in [0.2, 0.25) is 0 Å². The number of nitrogens with zero attached hydrogens (tertiary/aromatic N) is 1. The summed E-state index contributed by atoms with van der Waals surface area (Å²) in [5.74, 6) is -0.583. The maximum Gasteiger partial charge on any atom is 0.311 e. The minimum Gasteiger partial charge on any atom is -0.481 e. The highest BCUT2D eigenvalue weighted by atomic mass is 35.5. The van der Waals surface area contributed by atoms with Gasteiger partial charge in [-0.2, -0.15) is 0 Å². The van der Waals surface area contributed by atoms with E-state index in [1.165, 1.54) is 5.56 Å². The number of carbonyl (C=O) groups is 2.